The molecule has 6 nitrogen and oxygen atoms in total. The lowest BCUT2D eigenvalue weighted by atomic mass is 10.0. The van der Waals surface area contributed by atoms with Gasteiger partial charge in [-0.1, -0.05) is 23.7 Å². The summed E-state index contributed by atoms with van der Waals surface area (Å²) in [4.78, 5) is 29.5. The lowest BCUT2D eigenvalue weighted by molar-refractivity contribution is 0.0954. The Bertz CT molecular complexity index is 1470. The van der Waals surface area contributed by atoms with Gasteiger partial charge in [-0.3, -0.25) is 4.79 Å². The van der Waals surface area contributed by atoms with Gasteiger partial charge in [-0.2, -0.15) is 0 Å². The number of hydrogen-bond donors (Lipinski definition) is 2. The molecule has 5 rings (SSSR count). The van der Waals surface area contributed by atoms with Crippen molar-refractivity contribution in [3.05, 3.63) is 101 Å². The van der Waals surface area contributed by atoms with Crippen LogP contribution in [0.25, 0.3) is 33.5 Å². The monoisotopic (exact) mass is 471 g/mol. The van der Waals surface area contributed by atoms with Crippen molar-refractivity contribution in [3.8, 4) is 22.5 Å². The number of fused-ring (bicyclic) bond motifs is 1. The molecule has 0 fully saturated rings. The normalized spacial score (nSPS) is 11.0. The number of nitrogens with zero attached hydrogens (tertiary/aromatic N) is 3. The van der Waals surface area contributed by atoms with Crippen molar-refractivity contribution >= 4 is 28.5 Å². The zero-order chi connectivity index (χ0) is 23.5. The van der Waals surface area contributed by atoms with E-state index in [4.69, 9.17) is 21.6 Å². The van der Waals surface area contributed by atoms with Crippen molar-refractivity contribution in [2.75, 3.05) is 6.54 Å². The number of hydrogen-bond acceptors (Lipinski definition) is 4. The molecule has 0 saturated carbocycles. The van der Waals surface area contributed by atoms with Crippen molar-refractivity contribution in [1.82, 2.24) is 25.3 Å². The minimum Gasteiger partial charge on any atom is -0.352 e. The maximum atomic E-state index is 13.5. The van der Waals surface area contributed by atoms with Gasteiger partial charge in [0.1, 0.15) is 11.6 Å². The smallest absolute Gasteiger partial charge is 0.251 e. The zero-order valence-corrected chi connectivity index (χ0v) is 18.7. The second-order valence-corrected chi connectivity index (χ2v) is 8.12. The predicted molar refractivity (Wildman–Crippen MR) is 130 cm³/mol. The Labute approximate surface area is 199 Å². The molecule has 1 amide bonds. The van der Waals surface area contributed by atoms with E-state index in [2.05, 4.69) is 15.3 Å². The van der Waals surface area contributed by atoms with Crippen LogP contribution in [0.3, 0.4) is 0 Å². The van der Waals surface area contributed by atoms with Crippen LogP contribution in [-0.4, -0.2) is 32.4 Å². The highest BCUT2D eigenvalue weighted by Crippen LogP contribution is 2.32. The van der Waals surface area contributed by atoms with Crippen molar-refractivity contribution in [2.24, 2.45) is 0 Å². The van der Waals surface area contributed by atoms with Crippen LogP contribution in [0.15, 0.2) is 79.1 Å². The quantitative estimate of drug-likeness (QED) is 0.345. The largest absolute Gasteiger partial charge is 0.352 e. The summed E-state index contributed by atoms with van der Waals surface area (Å²) in [6.45, 7) is 0.452. The van der Waals surface area contributed by atoms with Crippen LogP contribution in [-0.2, 0) is 6.42 Å². The molecule has 2 N–H and O–H groups in total. The summed E-state index contributed by atoms with van der Waals surface area (Å²) < 4.78 is 13.5. The Morgan fingerprint density at radius 2 is 1.74 bits per heavy atom. The van der Waals surface area contributed by atoms with Crippen LogP contribution < -0.4 is 5.32 Å². The van der Waals surface area contributed by atoms with Gasteiger partial charge in [0.05, 0.1) is 22.4 Å². The van der Waals surface area contributed by atoms with Crippen molar-refractivity contribution in [3.63, 3.8) is 0 Å². The number of imidazole rings is 1. The van der Waals surface area contributed by atoms with E-state index in [0.717, 1.165) is 17.0 Å². The Hall–Kier alpha value is -4.10. The molecule has 2 aromatic heterocycles. The standard InChI is InChI=1S/C26H19ClFN5O/c27-19-3-1-2-17(14-19)25-24(16-4-7-20(28)8-5-16)32-21-9-6-18(15-22(21)33-25)26(34)31-11-10-23-29-12-13-30-23/h1-9,12-15H,10-11H2,(H,29,30)(H,31,34). The molecule has 0 atom stereocenters. The van der Waals surface area contributed by atoms with E-state index in [1.165, 1.54) is 12.1 Å². The maximum Gasteiger partial charge on any atom is 0.251 e. The molecule has 2 heterocycles. The third-order valence-electron chi connectivity index (χ3n) is 5.34. The van der Waals surface area contributed by atoms with Gasteiger partial charge in [0, 0.05) is 47.1 Å². The van der Waals surface area contributed by atoms with E-state index in [-0.39, 0.29) is 11.7 Å². The number of carbonyl (C=O) groups excluding carboxylic acids is 1. The fourth-order valence-electron chi connectivity index (χ4n) is 3.67. The fraction of sp³-hybridized carbons (Fsp3) is 0.0769. The second kappa shape index (κ2) is 9.41. The van der Waals surface area contributed by atoms with E-state index in [1.807, 2.05) is 12.1 Å². The number of carbonyl (C=O) groups is 1. The summed E-state index contributed by atoms with van der Waals surface area (Å²) in [5, 5.41) is 3.46. The minimum absolute atomic E-state index is 0.206. The minimum atomic E-state index is -0.329. The summed E-state index contributed by atoms with van der Waals surface area (Å²) in [5.74, 6) is 0.274. The lowest BCUT2D eigenvalue weighted by Gasteiger charge is -2.12. The Morgan fingerprint density at radius 1 is 0.941 bits per heavy atom. The Balaban J connectivity index is 1.52. The molecule has 0 aliphatic rings. The van der Waals surface area contributed by atoms with Gasteiger partial charge in [0.2, 0.25) is 0 Å². The predicted octanol–water partition coefficient (Wildman–Crippen LogP) is 5.45. The number of aromatic nitrogens is 4. The summed E-state index contributed by atoms with van der Waals surface area (Å²) in [6, 6.07) is 18.6. The van der Waals surface area contributed by atoms with Gasteiger partial charge < -0.3 is 10.3 Å². The summed E-state index contributed by atoms with van der Waals surface area (Å²) in [5.41, 5.74) is 4.37. The number of halogens is 2. The van der Waals surface area contributed by atoms with Crippen molar-refractivity contribution in [1.29, 1.82) is 0 Å². The number of H-pyrrole nitrogens is 1. The van der Waals surface area contributed by atoms with Gasteiger partial charge in [0.15, 0.2) is 0 Å². The van der Waals surface area contributed by atoms with E-state index >= 15 is 0 Å². The van der Waals surface area contributed by atoms with Crippen LogP contribution in [0.2, 0.25) is 5.02 Å². The molecule has 5 aromatic rings. The molecule has 168 valence electrons. The molecule has 0 spiro atoms. The number of nitrogens with one attached hydrogen (secondary N) is 2. The lowest BCUT2D eigenvalue weighted by Crippen LogP contribution is -2.25. The van der Waals surface area contributed by atoms with E-state index in [9.17, 15) is 9.18 Å². The second-order valence-electron chi connectivity index (χ2n) is 7.68. The SMILES string of the molecule is O=C(NCCc1ncc[nH]1)c1ccc2nc(-c3ccc(F)cc3)c(-c3cccc(Cl)c3)nc2c1. The third kappa shape index (κ3) is 4.65. The van der Waals surface area contributed by atoms with E-state index < -0.39 is 0 Å². The van der Waals surface area contributed by atoms with E-state index in [0.29, 0.717) is 46.0 Å². The van der Waals surface area contributed by atoms with Crippen molar-refractivity contribution in [2.45, 2.75) is 6.42 Å². The first-order valence-electron chi connectivity index (χ1n) is 10.7. The zero-order valence-electron chi connectivity index (χ0n) is 17.9. The number of aromatic amines is 1. The highest BCUT2D eigenvalue weighted by molar-refractivity contribution is 6.30. The van der Waals surface area contributed by atoms with Gasteiger partial charge in [-0.05, 0) is 54.6 Å². The van der Waals surface area contributed by atoms with Crippen LogP contribution in [0, 0.1) is 5.82 Å². The number of benzene rings is 3. The van der Waals surface area contributed by atoms with Crippen LogP contribution in [0.1, 0.15) is 16.2 Å². The van der Waals surface area contributed by atoms with E-state index in [1.54, 1.807) is 54.9 Å². The average molecular weight is 472 g/mol. The summed E-state index contributed by atoms with van der Waals surface area (Å²) in [6.07, 6.45) is 4.03. The molecule has 0 radical (unpaired) electrons. The molecular formula is C26H19ClFN5O. The van der Waals surface area contributed by atoms with Gasteiger partial charge >= 0.3 is 0 Å². The van der Waals surface area contributed by atoms with Crippen LogP contribution in [0.5, 0.6) is 0 Å². The first-order valence-corrected chi connectivity index (χ1v) is 11.0. The molecule has 0 bridgehead atoms. The molecule has 8 heteroatoms. The van der Waals surface area contributed by atoms with Gasteiger partial charge in [0.25, 0.3) is 5.91 Å². The van der Waals surface area contributed by atoms with Gasteiger partial charge in [-0.25, -0.2) is 19.3 Å². The molecular weight excluding hydrogens is 453 g/mol. The number of amides is 1. The molecule has 34 heavy (non-hydrogen) atoms. The number of rotatable bonds is 6. The summed E-state index contributed by atoms with van der Waals surface area (Å²) >= 11 is 6.23. The topological polar surface area (TPSA) is 83.6 Å². The Kier molecular flexibility index (Phi) is 6.01. The third-order valence-corrected chi connectivity index (χ3v) is 5.58. The fourth-order valence-corrected chi connectivity index (χ4v) is 3.86. The highest BCUT2D eigenvalue weighted by Gasteiger charge is 2.15. The molecule has 0 unspecified atom stereocenters. The van der Waals surface area contributed by atoms with Crippen LogP contribution >= 0.6 is 11.6 Å². The molecule has 0 aliphatic heterocycles. The average Bonchev–Trinajstić information content (AvgIpc) is 3.37. The molecule has 3 aromatic carbocycles. The maximum absolute atomic E-state index is 13.5. The first-order chi connectivity index (χ1) is 16.6. The molecule has 0 saturated heterocycles. The Morgan fingerprint density at radius 3 is 2.50 bits per heavy atom. The van der Waals surface area contributed by atoms with Crippen molar-refractivity contribution < 1.29 is 9.18 Å². The molecule has 0 aliphatic carbocycles. The highest BCUT2D eigenvalue weighted by atomic mass is 35.5. The summed E-state index contributed by atoms with van der Waals surface area (Å²) in [7, 11) is 0. The van der Waals surface area contributed by atoms with Crippen LogP contribution in [0.4, 0.5) is 4.39 Å². The van der Waals surface area contributed by atoms with Gasteiger partial charge in [-0.15, -0.1) is 0 Å². The first kappa shape index (κ1) is 21.7.